The summed E-state index contributed by atoms with van der Waals surface area (Å²) in [7, 11) is 0. The van der Waals surface area contributed by atoms with Crippen molar-refractivity contribution in [1.82, 2.24) is 0 Å². The second-order valence-corrected chi connectivity index (χ2v) is 5.13. The van der Waals surface area contributed by atoms with Crippen LogP contribution in [0.15, 0.2) is 47.6 Å². The number of aromatic carboxylic acids is 1. The number of nitrogens with zero attached hydrogens (tertiary/aromatic N) is 1. The summed E-state index contributed by atoms with van der Waals surface area (Å²) in [5.74, 6) is -0.961. The molecule has 108 valence electrons. The summed E-state index contributed by atoms with van der Waals surface area (Å²) in [5, 5.41) is 14.0. The van der Waals surface area contributed by atoms with Gasteiger partial charge in [-0.3, -0.25) is 5.43 Å². The van der Waals surface area contributed by atoms with Crippen LogP contribution >= 0.6 is 23.2 Å². The molecule has 4 nitrogen and oxygen atoms in total. The molecule has 0 amide bonds. The van der Waals surface area contributed by atoms with Crippen LogP contribution in [0.3, 0.4) is 0 Å². The van der Waals surface area contributed by atoms with Gasteiger partial charge in [-0.05, 0) is 48.9 Å². The first-order chi connectivity index (χ1) is 9.97. The minimum Gasteiger partial charge on any atom is -0.478 e. The number of carboxylic acids is 1. The van der Waals surface area contributed by atoms with Crippen molar-refractivity contribution in [2.45, 2.75) is 6.92 Å². The Kier molecular flexibility index (Phi) is 4.83. The van der Waals surface area contributed by atoms with Gasteiger partial charge in [0.05, 0.1) is 27.0 Å². The largest absolute Gasteiger partial charge is 0.478 e. The zero-order chi connectivity index (χ0) is 15.4. The molecule has 0 unspecified atom stereocenters. The predicted octanol–water partition coefficient (Wildman–Crippen LogP) is 4.53. The van der Waals surface area contributed by atoms with E-state index in [1.807, 2.05) is 13.0 Å². The Morgan fingerprint density at radius 1 is 1.05 bits per heavy atom. The maximum Gasteiger partial charge on any atom is 0.335 e. The summed E-state index contributed by atoms with van der Waals surface area (Å²) in [5.41, 5.74) is 5.36. The highest BCUT2D eigenvalue weighted by molar-refractivity contribution is 6.42. The molecule has 0 aliphatic carbocycles. The average Bonchev–Trinajstić information content (AvgIpc) is 2.48. The lowest BCUT2D eigenvalue weighted by Gasteiger charge is -2.05. The van der Waals surface area contributed by atoms with E-state index < -0.39 is 5.97 Å². The van der Waals surface area contributed by atoms with E-state index in [4.69, 9.17) is 28.3 Å². The van der Waals surface area contributed by atoms with Gasteiger partial charge >= 0.3 is 5.97 Å². The summed E-state index contributed by atoms with van der Waals surface area (Å²) >= 11 is 11.8. The molecule has 2 N–H and O–H groups in total. The SMILES string of the molecule is C/C(=N/Nc1ccc(C(=O)O)cc1)c1ccc(Cl)c(Cl)c1. The molecule has 0 fully saturated rings. The molecule has 6 heteroatoms. The highest BCUT2D eigenvalue weighted by Gasteiger charge is 2.03. The molecule has 2 rings (SSSR count). The van der Waals surface area contributed by atoms with Crippen LogP contribution in [0.2, 0.25) is 10.0 Å². The van der Waals surface area contributed by atoms with Gasteiger partial charge in [-0.2, -0.15) is 5.10 Å². The number of anilines is 1. The second kappa shape index (κ2) is 6.61. The lowest BCUT2D eigenvalue weighted by atomic mass is 10.1. The lowest BCUT2D eigenvalue weighted by Crippen LogP contribution is -2.00. The van der Waals surface area contributed by atoms with E-state index in [1.54, 1.807) is 24.3 Å². The van der Waals surface area contributed by atoms with Crippen LogP contribution in [0.4, 0.5) is 5.69 Å². The molecule has 0 heterocycles. The smallest absolute Gasteiger partial charge is 0.335 e. The number of rotatable bonds is 4. The zero-order valence-electron chi connectivity index (χ0n) is 11.1. The molecule has 0 aliphatic rings. The maximum atomic E-state index is 10.8. The molecular formula is C15H12Cl2N2O2. The molecule has 2 aromatic rings. The quantitative estimate of drug-likeness (QED) is 0.642. The molecule has 0 aliphatic heterocycles. The van der Waals surface area contributed by atoms with E-state index in [2.05, 4.69) is 10.5 Å². The van der Waals surface area contributed by atoms with Crippen molar-refractivity contribution in [2.24, 2.45) is 5.10 Å². The molecule has 21 heavy (non-hydrogen) atoms. The number of nitrogens with one attached hydrogen (secondary N) is 1. The maximum absolute atomic E-state index is 10.8. The van der Waals surface area contributed by atoms with Crippen molar-refractivity contribution < 1.29 is 9.90 Å². The minimum absolute atomic E-state index is 0.228. The average molecular weight is 323 g/mol. The topological polar surface area (TPSA) is 61.7 Å². The van der Waals surface area contributed by atoms with Crippen LogP contribution in [0.5, 0.6) is 0 Å². The highest BCUT2D eigenvalue weighted by Crippen LogP contribution is 2.23. The third kappa shape index (κ3) is 3.97. The highest BCUT2D eigenvalue weighted by atomic mass is 35.5. The van der Waals surface area contributed by atoms with Crippen LogP contribution in [-0.4, -0.2) is 16.8 Å². The zero-order valence-corrected chi connectivity index (χ0v) is 12.6. The van der Waals surface area contributed by atoms with Crippen molar-refractivity contribution in [1.29, 1.82) is 0 Å². The van der Waals surface area contributed by atoms with Crippen LogP contribution in [-0.2, 0) is 0 Å². The summed E-state index contributed by atoms with van der Waals surface area (Å²) in [6.07, 6.45) is 0. The Morgan fingerprint density at radius 2 is 1.67 bits per heavy atom. The third-order valence-corrected chi connectivity index (χ3v) is 3.56. The lowest BCUT2D eigenvalue weighted by molar-refractivity contribution is 0.0697. The van der Waals surface area contributed by atoms with Crippen LogP contribution in [0.25, 0.3) is 0 Å². The van der Waals surface area contributed by atoms with E-state index in [0.717, 1.165) is 11.3 Å². The number of carboxylic acid groups (broad SMARTS) is 1. The Morgan fingerprint density at radius 3 is 2.24 bits per heavy atom. The van der Waals surface area contributed by atoms with Gasteiger partial charge in [-0.25, -0.2) is 4.79 Å². The predicted molar refractivity (Wildman–Crippen MR) is 85.7 cm³/mol. The third-order valence-electron chi connectivity index (χ3n) is 2.82. The molecule has 0 saturated carbocycles. The van der Waals surface area contributed by atoms with E-state index >= 15 is 0 Å². The summed E-state index contributed by atoms with van der Waals surface area (Å²) < 4.78 is 0. The normalized spacial score (nSPS) is 11.3. The van der Waals surface area contributed by atoms with Crippen LogP contribution in [0.1, 0.15) is 22.8 Å². The molecule has 0 saturated heterocycles. The molecular weight excluding hydrogens is 311 g/mol. The molecule has 0 spiro atoms. The molecule has 2 aromatic carbocycles. The van der Waals surface area contributed by atoms with Crippen molar-refractivity contribution in [3.05, 3.63) is 63.6 Å². The molecule has 0 bridgehead atoms. The Hall–Kier alpha value is -2.04. The van der Waals surface area contributed by atoms with E-state index in [-0.39, 0.29) is 5.56 Å². The van der Waals surface area contributed by atoms with Crippen molar-refractivity contribution in [3.63, 3.8) is 0 Å². The van der Waals surface area contributed by atoms with Gasteiger partial charge in [0.1, 0.15) is 0 Å². The van der Waals surface area contributed by atoms with Gasteiger partial charge < -0.3 is 5.11 Å². The van der Waals surface area contributed by atoms with Gasteiger partial charge in [0.15, 0.2) is 0 Å². The van der Waals surface area contributed by atoms with Crippen molar-refractivity contribution in [3.8, 4) is 0 Å². The molecule has 0 atom stereocenters. The first-order valence-electron chi connectivity index (χ1n) is 6.06. The van der Waals surface area contributed by atoms with Crippen molar-refractivity contribution in [2.75, 3.05) is 5.43 Å². The van der Waals surface area contributed by atoms with Crippen LogP contribution < -0.4 is 5.43 Å². The summed E-state index contributed by atoms with van der Waals surface area (Å²) in [6.45, 7) is 1.83. The first kappa shape index (κ1) is 15.4. The van der Waals surface area contributed by atoms with E-state index in [9.17, 15) is 4.79 Å². The fraction of sp³-hybridized carbons (Fsp3) is 0.0667. The number of halogens is 2. The second-order valence-electron chi connectivity index (χ2n) is 4.32. The Bertz CT molecular complexity index is 697. The number of benzene rings is 2. The Balaban J connectivity index is 2.12. The van der Waals surface area contributed by atoms with Gasteiger partial charge in [0, 0.05) is 0 Å². The fourth-order valence-corrected chi connectivity index (χ4v) is 1.92. The van der Waals surface area contributed by atoms with E-state index in [1.165, 1.54) is 12.1 Å². The fourth-order valence-electron chi connectivity index (χ4n) is 1.62. The van der Waals surface area contributed by atoms with Gasteiger partial charge in [-0.15, -0.1) is 0 Å². The minimum atomic E-state index is -0.961. The molecule has 0 radical (unpaired) electrons. The first-order valence-corrected chi connectivity index (χ1v) is 6.82. The van der Waals surface area contributed by atoms with Gasteiger partial charge in [-0.1, -0.05) is 29.3 Å². The Labute approximate surface area is 132 Å². The number of hydrogen-bond acceptors (Lipinski definition) is 3. The number of hydrogen-bond donors (Lipinski definition) is 2. The van der Waals surface area contributed by atoms with E-state index in [0.29, 0.717) is 15.7 Å². The number of hydrazone groups is 1. The van der Waals surface area contributed by atoms with Crippen molar-refractivity contribution >= 4 is 40.6 Å². The summed E-state index contributed by atoms with van der Waals surface area (Å²) in [6, 6.07) is 11.6. The van der Waals surface area contributed by atoms with Crippen LogP contribution in [0, 0.1) is 0 Å². The number of carbonyl (C=O) groups is 1. The van der Waals surface area contributed by atoms with Gasteiger partial charge in [0.25, 0.3) is 0 Å². The monoisotopic (exact) mass is 322 g/mol. The summed E-state index contributed by atoms with van der Waals surface area (Å²) in [4.78, 5) is 10.8. The van der Waals surface area contributed by atoms with Gasteiger partial charge in [0.2, 0.25) is 0 Å². The molecule has 0 aromatic heterocycles. The standard InChI is InChI=1S/C15H12Cl2N2O2/c1-9(11-4-7-13(16)14(17)8-11)18-19-12-5-2-10(3-6-12)15(20)21/h2-8,19H,1H3,(H,20,21)/b18-9-.